The van der Waals surface area contributed by atoms with E-state index in [2.05, 4.69) is 0 Å². The average molecular weight is 167 g/mol. The molecule has 1 rings (SSSR count). The Morgan fingerprint density at radius 3 is 2.33 bits per heavy atom. The third kappa shape index (κ3) is 1.23. The number of aryl methyl sites for hydroxylation is 1. The lowest BCUT2D eigenvalue weighted by atomic mass is 10.3. The molecule has 4 heteroatoms. The van der Waals surface area contributed by atoms with E-state index in [-0.39, 0.29) is 5.69 Å². The van der Waals surface area contributed by atoms with E-state index >= 15 is 0 Å². The van der Waals surface area contributed by atoms with E-state index in [1.165, 1.54) is 6.07 Å². The van der Waals surface area contributed by atoms with E-state index in [0.29, 0.717) is 0 Å². The standard InChI is InChI=1S/C8H9NO3/c1-5-3-4-6(9(5)2)7(10)8(11)12/h3-4H,1-2H3,(H,11,12). The lowest BCUT2D eigenvalue weighted by Crippen LogP contribution is -2.16. The SMILES string of the molecule is Cc1ccc(C(=O)C(=O)O)n1C. The van der Waals surface area contributed by atoms with Crippen LogP contribution < -0.4 is 0 Å². The van der Waals surface area contributed by atoms with Crippen LogP contribution in [-0.2, 0) is 11.8 Å². The van der Waals surface area contributed by atoms with Gasteiger partial charge in [0.05, 0.1) is 5.69 Å². The number of aliphatic carboxylic acids is 1. The largest absolute Gasteiger partial charge is 0.475 e. The summed E-state index contributed by atoms with van der Waals surface area (Å²) in [5.74, 6) is -2.29. The summed E-state index contributed by atoms with van der Waals surface area (Å²) in [7, 11) is 1.66. The summed E-state index contributed by atoms with van der Waals surface area (Å²) < 4.78 is 1.55. The van der Waals surface area contributed by atoms with Crippen molar-refractivity contribution < 1.29 is 14.7 Å². The minimum atomic E-state index is -1.42. The van der Waals surface area contributed by atoms with Crippen LogP contribution in [0.3, 0.4) is 0 Å². The smallest absolute Gasteiger partial charge is 0.378 e. The van der Waals surface area contributed by atoms with E-state index in [9.17, 15) is 9.59 Å². The summed E-state index contributed by atoms with van der Waals surface area (Å²) in [5, 5.41) is 8.41. The number of nitrogens with zero attached hydrogens (tertiary/aromatic N) is 1. The van der Waals surface area contributed by atoms with Gasteiger partial charge in [0, 0.05) is 12.7 Å². The normalized spacial score (nSPS) is 9.83. The lowest BCUT2D eigenvalue weighted by molar-refractivity contribution is -0.131. The molecular formula is C8H9NO3. The van der Waals surface area contributed by atoms with Gasteiger partial charge < -0.3 is 9.67 Å². The van der Waals surface area contributed by atoms with Crippen LogP contribution in [0.4, 0.5) is 0 Å². The van der Waals surface area contributed by atoms with Gasteiger partial charge in [-0.15, -0.1) is 0 Å². The van der Waals surface area contributed by atoms with E-state index in [4.69, 9.17) is 5.11 Å². The molecule has 0 amide bonds. The van der Waals surface area contributed by atoms with Gasteiger partial charge in [-0.1, -0.05) is 0 Å². The summed E-state index contributed by atoms with van der Waals surface area (Å²) in [6.07, 6.45) is 0. The Morgan fingerprint density at radius 2 is 2.00 bits per heavy atom. The van der Waals surface area contributed by atoms with Crippen molar-refractivity contribution in [3.63, 3.8) is 0 Å². The molecule has 0 saturated carbocycles. The minimum absolute atomic E-state index is 0.208. The molecule has 0 atom stereocenters. The fourth-order valence-corrected chi connectivity index (χ4v) is 0.951. The maximum absolute atomic E-state index is 11.0. The first-order valence-electron chi connectivity index (χ1n) is 3.44. The second kappa shape index (κ2) is 2.81. The van der Waals surface area contributed by atoms with Crippen molar-refractivity contribution in [1.82, 2.24) is 4.57 Å². The first kappa shape index (κ1) is 8.52. The summed E-state index contributed by atoms with van der Waals surface area (Å²) in [6, 6.07) is 3.21. The number of hydrogen-bond donors (Lipinski definition) is 1. The molecule has 0 saturated heterocycles. The number of carboxylic acid groups (broad SMARTS) is 1. The fraction of sp³-hybridized carbons (Fsp3) is 0.250. The molecule has 0 aliphatic rings. The zero-order valence-electron chi connectivity index (χ0n) is 6.87. The number of aromatic nitrogens is 1. The molecule has 1 heterocycles. The Kier molecular flexibility index (Phi) is 1.99. The Labute approximate surface area is 69.4 Å². The third-order valence-electron chi connectivity index (χ3n) is 1.80. The maximum Gasteiger partial charge on any atom is 0.378 e. The maximum atomic E-state index is 11.0. The molecule has 0 aromatic carbocycles. The third-order valence-corrected chi connectivity index (χ3v) is 1.80. The second-order valence-electron chi connectivity index (χ2n) is 2.55. The van der Waals surface area contributed by atoms with Gasteiger partial charge >= 0.3 is 5.97 Å². The number of Topliss-reactive ketones (excluding diaryl/α,β-unsaturated/α-hetero) is 1. The van der Waals surface area contributed by atoms with Gasteiger partial charge in [0.15, 0.2) is 0 Å². The summed E-state index contributed by atoms with van der Waals surface area (Å²) in [4.78, 5) is 21.3. The monoisotopic (exact) mass is 167 g/mol. The highest BCUT2D eigenvalue weighted by Gasteiger charge is 2.17. The first-order valence-corrected chi connectivity index (χ1v) is 3.44. The van der Waals surface area contributed by atoms with Crippen molar-refractivity contribution in [3.8, 4) is 0 Å². The van der Waals surface area contributed by atoms with Crippen molar-refractivity contribution >= 4 is 11.8 Å². The molecule has 64 valence electrons. The fourth-order valence-electron chi connectivity index (χ4n) is 0.951. The molecule has 1 aromatic rings. The van der Waals surface area contributed by atoms with Crippen molar-refractivity contribution in [2.75, 3.05) is 0 Å². The van der Waals surface area contributed by atoms with Crippen molar-refractivity contribution in [1.29, 1.82) is 0 Å². The number of carbonyl (C=O) groups excluding carboxylic acids is 1. The molecule has 0 unspecified atom stereocenters. The topological polar surface area (TPSA) is 59.3 Å². The van der Waals surface area contributed by atoms with Gasteiger partial charge in [0.1, 0.15) is 0 Å². The van der Waals surface area contributed by atoms with Crippen LogP contribution in [0.25, 0.3) is 0 Å². The van der Waals surface area contributed by atoms with Crippen LogP contribution >= 0.6 is 0 Å². The van der Waals surface area contributed by atoms with E-state index < -0.39 is 11.8 Å². The summed E-state index contributed by atoms with van der Waals surface area (Å²) in [6.45, 7) is 1.80. The number of carboxylic acids is 1. The number of ketones is 1. The molecule has 0 spiro atoms. The number of rotatable bonds is 2. The molecule has 0 aliphatic carbocycles. The summed E-state index contributed by atoms with van der Waals surface area (Å²) >= 11 is 0. The highest BCUT2D eigenvalue weighted by Crippen LogP contribution is 2.06. The van der Waals surface area contributed by atoms with Crippen LogP contribution in [-0.4, -0.2) is 21.4 Å². The quantitative estimate of drug-likeness (QED) is 0.518. The zero-order valence-corrected chi connectivity index (χ0v) is 6.87. The molecule has 12 heavy (non-hydrogen) atoms. The zero-order chi connectivity index (χ0) is 9.30. The predicted octanol–water partition coefficient (Wildman–Crippen LogP) is 0.601. The highest BCUT2D eigenvalue weighted by atomic mass is 16.4. The molecule has 0 bridgehead atoms. The van der Waals surface area contributed by atoms with Gasteiger partial charge in [0.25, 0.3) is 5.78 Å². The van der Waals surface area contributed by atoms with Crippen LogP contribution in [0.2, 0.25) is 0 Å². The van der Waals surface area contributed by atoms with E-state index in [1.807, 2.05) is 0 Å². The van der Waals surface area contributed by atoms with Crippen molar-refractivity contribution in [3.05, 3.63) is 23.5 Å². The summed E-state index contributed by atoms with van der Waals surface area (Å²) in [5.41, 5.74) is 1.07. The van der Waals surface area contributed by atoms with Gasteiger partial charge in [-0.25, -0.2) is 4.79 Å². The Hall–Kier alpha value is -1.58. The molecule has 1 aromatic heterocycles. The van der Waals surface area contributed by atoms with Crippen molar-refractivity contribution in [2.45, 2.75) is 6.92 Å². The first-order chi connectivity index (χ1) is 5.54. The molecule has 4 nitrogen and oxygen atoms in total. The second-order valence-corrected chi connectivity index (χ2v) is 2.55. The number of hydrogen-bond acceptors (Lipinski definition) is 2. The predicted molar refractivity (Wildman–Crippen MR) is 42.1 cm³/mol. The molecular weight excluding hydrogens is 158 g/mol. The Morgan fingerprint density at radius 1 is 1.42 bits per heavy atom. The van der Waals surface area contributed by atoms with E-state index in [0.717, 1.165) is 5.69 Å². The van der Waals surface area contributed by atoms with Crippen LogP contribution in [0.15, 0.2) is 12.1 Å². The van der Waals surface area contributed by atoms with Gasteiger partial charge in [0.2, 0.25) is 0 Å². The Bertz CT molecular complexity index is 338. The van der Waals surface area contributed by atoms with Gasteiger partial charge in [-0.3, -0.25) is 4.79 Å². The van der Waals surface area contributed by atoms with Crippen molar-refractivity contribution in [2.24, 2.45) is 7.05 Å². The molecule has 0 aliphatic heterocycles. The van der Waals surface area contributed by atoms with Crippen LogP contribution in [0.5, 0.6) is 0 Å². The average Bonchev–Trinajstić information content (AvgIpc) is 2.32. The Balaban J connectivity index is 3.12. The minimum Gasteiger partial charge on any atom is -0.475 e. The van der Waals surface area contributed by atoms with Gasteiger partial charge in [-0.05, 0) is 19.1 Å². The van der Waals surface area contributed by atoms with E-state index in [1.54, 1.807) is 24.6 Å². The molecule has 1 N–H and O–H groups in total. The highest BCUT2D eigenvalue weighted by molar-refractivity contribution is 6.39. The molecule has 0 fully saturated rings. The lowest BCUT2D eigenvalue weighted by Gasteiger charge is -1.99. The van der Waals surface area contributed by atoms with Gasteiger partial charge in [-0.2, -0.15) is 0 Å². The van der Waals surface area contributed by atoms with Crippen LogP contribution in [0, 0.1) is 6.92 Å². The molecule has 0 radical (unpaired) electrons. The van der Waals surface area contributed by atoms with Crippen LogP contribution in [0.1, 0.15) is 16.2 Å². The number of carbonyl (C=O) groups is 2.